The summed E-state index contributed by atoms with van der Waals surface area (Å²) in [4.78, 5) is 39.0. The highest BCUT2D eigenvalue weighted by Crippen LogP contribution is 2.57. The Morgan fingerprint density at radius 3 is 2.45 bits per heavy atom. The number of amides is 1. The molecule has 3 aliphatic rings. The van der Waals surface area contributed by atoms with Crippen LogP contribution < -0.4 is 5.32 Å². The van der Waals surface area contributed by atoms with Gasteiger partial charge >= 0.3 is 11.9 Å². The highest BCUT2D eigenvalue weighted by atomic mass is 32.1. The first-order chi connectivity index (χ1) is 13.8. The van der Waals surface area contributed by atoms with Gasteiger partial charge in [-0.3, -0.25) is 9.59 Å². The van der Waals surface area contributed by atoms with E-state index in [0.717, 1.165) is 53.7 Å². The van der Waals surface area contributed by atoms with Crippen molar-refractivity contribution in [2.24, 2.45) is 23.7 Å². The van der Waals surface area contributed by atoms with Crippen molar-refractivity contribution in [3.05, 3.63) is 27.2 Å². The summed E-state index contributed by atoms with van der Waals surface area (Å²) in [6.07, 6.45) is 4.38. The lowest BCUT2D eigenvalue weighted by atomic mass is 9.79. The number of ether oxygens (including phenoxy) is 1. The Bertz CT molecular complexity index is 911. The predicted octanol–water partition coefficient (Wildman–Crippen LogP) is 4.05. The lowest BCUT2D eigenvalue weighted by Gasteiger charge is -2.26. The summed E-state index contributed by atoms with van der Waals surface area (Å²) < 4.78 is 5.23. The van der Waals surface area contributed by atoms with E-state index < -0.39 is 23.8 Å². The molecule has 6 nitrogen and oxygen atoms in total. The highest BCUT2D eigenvalue weighted by Gasteiger charge is 2.57. The maximum absolute atomic E-state index is 13.3. The lowest BCUT2D eigenvalue weighted by Crippen LogP contribution is -2.38. The average Bonchev–Trinajstić information content (AvgIpc) is 3.39. The number of carboxylic acid groups (broad SMARTS) is 1. The van der Waals surface area contributed by atoms with Gasteiger partial charge in [-0.1, -0.05) is 11.1 Å². The number of carboxylic acids is 1. The molecule has 1 amide bonds. The molecule has 4 rings (SSSR count). The number of hydrogen-bond donors (Lipinski definition) is 2. The summed E-state index contributed by atoms with van der Waals surface area (Å²) in [5.74, 6) is -2.97. The minimum atomic E-state index is -0.907. The van der Waals surface area contributed by atoms with Crippen LogP contribution in [0.25, 0.3) is 0 Å². The van der Waals surface area contributed by atoms with Crippen LogP contribution in [0.3, 0.4) is 0 Å². The van der Waals surface area contributed by atoms with Gasteiger partial charge in [-0.2, -0.15) is 0 Å². The predicted molar refractivity (Wildman–Crippen MR) is 110 cm³/mol. The van der Waals surface area contributed by atoms with Crippen LogP contribution >= 0.6 is 11.3 Å². The Morgan fingerprint density at radius 2 is 1.83 bits per heavy atom. The van der Waals surface area contributed by atoms with Crippen LogP contribution in [-0.4, -0.2) is 29.6 Å². The third-order valence-corrected chi connectivity index (χ3v) is 7.85. The molecule has 0 aliphatic heterocycles. The van der Waals surface area contributed by atoms with E-state index in [-0.39, 0.29) is 24.3 Å². The third-order valence-electron chi connectivity index (χ3n) is 6.64. The number of allylic oxidation sites excluding steroid dienone is 2. The monoisotopic (exact) mass is 417 g/mol. The number of thiophene rings is 1. The van der Waals surface area contributed by atoms with Gasteiger partial charge < -0.3 is 15.2 Å². The number of aliphatic carboxylic acids is 1. The van der Waals surface area contributed by atoms with Crippen LogP contribution in [0.5, 0.6) is 0 Å². The fraction of sp³-hybridized carbons (Fsp3) is 0.591. The minimum Gasteiger partial charge on any atom is -0.481 e. The van der Waals surface area contributed by atoms with Crippen LogP contribution in [0.15, 0.2) is 11.1 Å². The van der Waals surface area contributed by atoms with Gasteiger partial charge in [-0.15, -0.1) is 11.3 Å². The smallest absolute Gasteiger partial charge is 0.341 e. The SMILES string of the molecule is CCOC(=O)c1c(NC(=O)[C@@H]2[C@@H](C(=O)O)[C@@H]3CC[C@H]2C3=C(C)C)sc2c1CCC2. The van der Waals surface area contributed by atoms with Crippen LogP contribution in [0.2, 0.25) is 0 Å². The zero-order chi connectivity index (χ0) is 20.9. The van der Waals surface area contributed by atoms with Gasteiger partial charge in [0.05, 0.1) is 24.0 Å². The molecule has 1 aromatic heterocycles. The first-order valence-electron chi connectivity index (χ1n) is 10.4. The first-order valence-corrected chi connectivity index (χ1v) is 11.2. The van der Waals surface area contributed by atoms with Gasteiger partial charge in [0.2, 0.25) is 5.91 Å². The number of carbonyl (C=O) groups excluding carboxylic acids is 2. The second kappa shape index (κ2) is 7.59. The Labute approximate surface area is 174 Å². The molecule has 2 bridgehead atoms. The molecule has 7 heteroatoms. The van der Waals surface area contributed by atoms with Crippen molar-refractivity contribution < 1.29 is 24.2 Å². The average molecular weight is 418 g/mol. The van der Waals surface area contributed by atoms with Gasteiger partial charge in [0.25, 0.3) is 0 Å². The standard InChI is InChI=1S/C22H27NO5S/c1-4-28-22(27)18-11-6-5-7-14(11)29-20(18)23-19(24)16-12-8-9-13(15(12)10(2)3)17(16)21(25)26/h12-13,16-17H,4-9H2,1-3H3,(H,23,24)(H,25,26)/t12-,13+,16-,17-/m0/s1. The van der Waals surface area contributed by atoms with Crippen molar-refractivity contribution in [2.45, 2.75) is 52.9 Å². The summed E-state index contributed by atoms with van der Waals surface area (Å²) in [7, 11) is 0. The van der Waals surface area contributed by atoms with E-state index in [4.69, 9.17) is 4.74 Å². The summed E-state index contributed by atoms with van der Waals surface area (Å²) in [6.45, 7) is 6.04. The molecule has 2 fully saturated rings. The quantitative estimate of drug-likeness (QED) is 0.557. The molecule has 4 atom stereocenters. The molecule has 0 aromatic carbocycles. The Hall–Kier alpha value is -2.15. The first kappa shape index (κ1) is 20.1. The summed E-state index contributed by atoms with van der Waals surface area (Å²) in [5, 5.41) is 13.3. The number of nitrogens with one attached hydrogen (secondary N) is 1. The summed E-state index contributed by atoms with van der Waals surface area (Å²) in [6, 6.07) is 0. The third kappa shape index (κ3) is 3.19. The zero-order valence-electron chi connectivity index (χ0n) is 17.0. The number of rotatable bonds is 5. The molecule has 156 valence electrons. The maximum atomic E-state index is 13.3. The van der Waals surface area contributed by atoms with Crippen LogP contribution in [0.4, 0.5) is 5.00 Å². The van der Waals surface area contributed by atoms with Crippen molar-refractivity contribution >= 4 is 34.2 Å². The molecule has 0 unspecified atom stereocenters. The van der Waals surface area contributed by atoms with Crippen molar-refractivity contribution in [3.63, 3.8) is 0 Å². The molecule has 1 aromatic rings. The van der Waals surface area contributed by atoms with Gasteiger partial charge in [-0.25, -0.2) is 4.79 Å². The molecule has 2 saturated carbocycles. The molecule has 29 heavy (non-hydrogen) atoms. The van der Waals surface area contributed by atoms with E-state index in [2.05, 4.69) is 5.32 Å². The van der Waals surface area contributed by atoms with Crippen LogP contribution in [0, 0.1) is 23.7 Å². The van der Waals surface area contributed by atoms with Gasteiger partial charge in [0, 0.05) is 4.88 Å². The highest BCUT2D eigenvalue weighted by molar-refractivity contribution is 7.17. The van der Waals surface area contributed by atoms with E-state index in [0.29, 0.717) is 10.6 Å². The van der Waals surface area contributed by atoms with Crippen LogP contribution in [0.1, 0.15) is 60.8 Å². The number of fused-ring (bicyclic) bond motifs is 3. The molecular formula is C22H27NO5S. The fourth-order valence-corrected chi connectivity index (χ4v) is 6.99. The minimum absolute atomic E-state index is 0.0241. The second-order valence-corrected chi connectivity index (χ2v) is 9.51. The zero-order valence-corrected chi connectivity index (χ0v) is 17.9. The van der Waals surface area contributed by atoms with Crippen molar-refractivity contribution in [1.82, 2.24) is 0 Å². The van der Waals surface area contributed by atoms with Gasteiger partial charge in [-0.05, 0) is 70.3 Å². The largest absolute Gasteiger partial charge is 0.481 e. The molecule has 1 heterocycles. The number of esters is 1. The van der Waals surface area contributed by atoms with Crippen molar-refractivity contribution in [2.75, 3.05) is 11.9 Å². The maximum Gasteiger partial charge on any atom is 0.341 e. The Kier molecular flexibility index (Phi) is 5.27. The Morgan fingerprint density at radius 1 is 1.14 bits per heavy atom. The molecule has 2 N–H and O–H groups in total. The number of carbonyl (C=O) groups is 3. The normalized spacial score (nSPS) is 27.1. The van der Waals surface area contributed by atoms with E-state index in [1.165, 1.54) is 11.3 Å². The van der Waals surface area contributed by atoms with Gasteiger partial charge in [0.15, 0.2) is 0 Å². The van der Waals surface area contributed by atoms with E-state index in [1.54, 1.807) is 6.92 Å². The second-order valence-electron chi connectivity index (χ2n) is 8.41. The number of aryl methyl sites for hydroxylation is 1. The molecular weight excluding hydrogens is 390 g/mol. The van der Waals surface area contributed by atoms with Crippen molar-refractivity contribution in [1.29, 1.82) is 0 Å². The van der Waals surface area contributed by atoms with E-state index >= 15 is 0 Å². The lowest BCUT2D eigenvalue weighted by molar-refractivity contribution is -0.148. The van der Waals surface area contributed by atoms with E-state index in [1.807, 2.05) is 13.8 Å². The molecule has 3 aliphatic carbocycles. The molecule has 0 radical (unpaired) electrons. The summed E-state index contributed by atoms with van der Waals surface area (Å²) in [5.41, 5.74) is 3.73. The van der Waals surface area contributed by atoms with Crippen molar-refractivity contribution in [3.8, 4) is 0 Å². The topological polar surface area (TPSA) is 92.7 Å². The molecule has 0 saturated heterocycles. The Balaban J connectivity index is 1.66. The fourth-order valence-electron chi connectivity index (χ4n) is 5.71. The summed E-state index contributed by atoms with van der Waals surface area (Å²) >= 11 is 1.43. The van der Waals surface area contributed by atoms with Gasteiger partial charge in [0.1, 0.15) is 5.00 Å². The van der Waals surface area contributed by atoms with E-state index in [9.17, 15) is 19.5 Å². The number of anilines is 1. The van der Waals surface area contributed by atoms with Crippen LogP contribution in [-0.2, 0) is 27.2 Å². The molecule has 0 spiro atoms. The number of hydrogen-bond acceptors (Lipinski definition) is 5.